The van der Waals surface area contributed by atoms with Crippen molar-refractivity contribution in [3.63, 3.8) is 0 Å². The average Bonchev–Trinajstić information content (AvgIpc) is 3.87. The number of hydrazine groups is 1. The largest absolute Gasteiger partial charge is 0.496 e. The number of aliphatic hydroxyl groups is 1. The van der Waals surface area contributed by atoms with E-state index in [0.29, 0.717) is 31.7 Å². The average molecular weight is 689 g/mol. The molecule has 264 valence electrons. The van der Waals surface area contributed by atoms with E-state index in [1.54, 1.807) is 21.7 Å². The second-order valence-electron chi connectivity index (χ2n) is 13.0. The second kappa shape index (κ2) is 14.4. The Bertz CT molecular complexity index is 1770. The highest BCUT2D eigenvalue weighted by Crippen LogP contribution is 2.46. The van der Waals surface area contributed by atoms with Gasteiger partial charge < -0.3 is 19.9 Å². The smallest absolute Gasteiger partial charge is 0.341 e. The maximum absolute atomic E-state index is 15.7. The molecule has 50 heavy (non-hydrogen) atoms. The lowest BCUT2D eigenvalue weighted by Gasteiger charge is -2.47. The van der Waals surface area contributed by atoms with Gasteiger partial charge in [-0.25, -0.2) is 23.2 Å². The van der Waals surface area contributed by atoms with E-state index >= 15 is 4.39 Å². The number of benzene rings is 3. The van der Waals surface area contributed by atoms with Gasteiger partial charge in [0.05, 0.1) is 32.3 Å². The Morgan fingerprint density at radius 3 is 2.66 bits per heavy atom. The zero-order valence-corrected chi connectivity index (χ0v) is 28.1. The first kappa shape index (κ1) is 34.0. The summed E-state index contributed by atoms with van der Waals surface area (Å²) < 4.78 is 43.9. The quantitative estimate of drug-likeness (QED) is 0.241. The Morgan fingerprint density at radius 2 is 1.92 bits per heavy atom. The molecule has 4 aromatic rings. The summed E-state index contributed by atoms with van der Waals surface area (Å²) in [4.78, 5) is 23.1. The van der Waals surface area contributed by atoms with Crippen molar-refractivity contribution >= 4 is 11.7 Å². The standard InChI is InChI=1S/C36H42F2N8O4/c1-25(14-17-47)45-35(48)44(27-8-4-3-5-9-27)34(43-16-15-39-20-32(43)29-10-6-7-11-33(29)49-2)46(45)28-19-36(50-21-28,22-42-24-40-23-41-42)30-13-12-26(37)18-31(30)38/h3-13,18,23-25,28,32,34,39,47H,14-17,19-22H2,1-2H3/t25?,28-,32-,34?,36?/m1/s1. The summed E-state index contributed by atoms with van der Waals surface area (Å²) in [7, 11) is 1.65. The van der Waals surface area contributed by atoms with Gasteiger partial charge in [0, 0.05) is 61.6 Å². The highest BCUT2D eigenvalue weighted by Gasteiger charge is 2.57. The Kier molecular flexibility index (Phi) is 9.80. The van der Waals surface area contributed by atoms with Gasteiger partial charge >= 0.3 is 6.03 Å². The fourth-order valence-corrected chi connectivity index (χ4v) is 7.73. The number of carbonyl (C=O) groups excluding carboxylic acids is 1. The number of hydrogen-bond donors (Lipinski definition) is 2. The molecule has 1 aromatic heterocycles. The number of amides is 2. The number of piperazine rings is 1. The van der Waals surface area contributed by atoms with Crippen molar-refractivity contribution < 1.29 is 28.2 Å². The van der Waals surface area contributed by atoms with E-state index in [9.17, 15) is 14.3 Å². The molecule has 14 heteroatoms. The van der Waals surface area contributed by atoms with Crippen molar-refractivity contribution in [3.8, 4) is 5.75 Å². The van der Waals surface area contributed by atoms with Crippen molar-refractivity contribution in [2.45, 2.75) is 56.3 Å². The van der Waals surface area contributed by atoms with Crippen LogP contribution in [0.2, 0.25) is 0 Å². The van der Waals surface area contributed by atoms with Crippen LogP contribution in [0.4, 0.5) is 19.3 Å². The highest BCUT2D eigenvalue weighted by atomic mass is 19.1. The van der Waals surface area contributed by atoms with E-state index in [1.165, 1.54) is 24.8 Å². The van der Waals surface area contributed by atoms with Crippen molar-refractivity contribution in [1.29, 1.82) is 0 Å². The molecule has 3 saturated heterocycles. The van der Waals surface area contributed by atoms with Crippen LogP contribution in [0.5, 0.6) is 5.75 Å². The van der Waals surface area contributed by atoms with Crippen LogP contribution in [0.15, 0.2) is 85.5 Å². The predicted molar refractivity (Wildman–Crippen MR) is 181 cm³/mol. The molecule has 0 spiro atoms. The van der Waals surface area contributed by atoms with Gasteiger partial charge in [-0.15, -0.1) is 0 Å². The third kappa shape index (κ3) is 6.22. The van der Waals surface area contributed by atoms with Gasteiger partial charge in [0.2, 0.25) is 0 Å². The number of carbonyl (C=O) groups is 1. The second-order valence-corrected chi connectivity index (χ2v) is 13.0. The van der Waals surface area contributed by atoms with Crippen LogP contribution in [0.3, 0.4) is 0 Å². The van der Waals surface area contributed by atoms with Crippen molar-refractivity contribution in [2.24, 2.45) is 0 Å². The van der Waals surface area contributed by atoms with E-state index in [0.717, 1.165) is 17.4 Å². The van der Waals surface area contributed by atoms with E-state index in [2.05, 4.69) is 25.3 Å². The van der Waals surface area contributed by atoms with Crippen LogP contribution in [-0.4, -0.2) is 99.2 Å². The molecule has 0 aliphatic carbocycles. The van der Waals surface area contributed by atoms with E-state index < -0.39 is 35.6 Å². The van der Waals surface area contributed by atoms with Crippen LogP contribution in [0.1, 0.15) is 36.9 Å². The topological polar surface area (TPSA) is 111 Å². The summed E-state index contributed by atoms with van der Waals surface area (Å²) in [6, 6.07) is 19.6. The lowest BCUT2D eigenvalue weighted by atomic mass is 9.88. The van der Waals surface area contributed by atoms with E-state index in [1.807, 2.05) is 61.5 Å². The number of nitrogens with zero attached hydrogens (tertiary/aromatic N) is 7. The Morgan fingerprint density at radius 1 is 1.12 bits per heavy atom. The van der Waals surface area contributed by atoms with Gasteiger partial charge in [-0.1, -0.05) is 42.5 Å². The van der Waals surface area contributed by atoms with E-state index in [-0.39, 0.29) is 43.8 Å². The maximum Gasteiger partial charge on any atom is 0.341 e. The SMILES string of the molecule is COc1ccccc1[C@H]1CNCCN1C1N(c2ccccc2)C(=O)N(C(C)CCO)N1[C@H]1COC(Cn2cncn2)(c2ccc(F)cc2F)C1. The minimum Gasteiger partial charge on any atom is -0.496 e. The van der Waals surface area contributed by atoms with Gasteiger partial charge in [0.25, 0.3) is 0 Å². The molecule has 2 amide bonds. The van der Waals surface area contributed by atoms with Crippen molar-refractivity contribution in [1.82, 2.24) is 35.0 Å². The molecule has 3 unspecified atom stereocenters. The number of hydrogen-bond acceptors (Lipinski definition) is 9. The lowest BCUT2D eigenvalue weighted by Crippen LogP contribution is -2.63. The number of rotatable bonds is 11. The van der Waals surface area contributed by atoms with Gasteiger partial charge in [0.1, 0.15) is 35.6 Å². The third-order valence-electron chi connectivity index (χ3n) is 9.99. The fraction of sp³-hybridized carbons (Fsp3) is 0.417. The monoisotopic (exact) mass is 688 g/mol. The molecular formula is C36H42F2N8O4. The number of urea groups is 1. The van der Waals surface area contributed by atoms with E-state index in [4.69, 9.17) is 9.47 Å². The molecule has 0 radical (unpaired) electrons. The zero-order chi connectivity index (χ0) is 34.8. The number of aromatic nitrogens is 3. The van der Waals surface area contributed by atoms with Gasteiger partial charge in [-0.2, -0.15) is 10.1 Å². The summed E-state index contributed by atoms with van der Waals surface area (Å²) in [6.45, 7) is 3.91. The first-order chi connectivity index (χ1) is 24.3. The van der Waals surface area contributed by atoms with Gasteiger partial charge in [-0.3, -0.25) is 14.8 Å². The molecule has 3 aliphatic rings. The summed E-state index contributed by atoms with van der Waals surface area (Å²) in [6.07, 6.45) is 2.87. The van der Waals surface area contributed by atoms with Crippen molar-refractivity contribution in [2.75, 3.05) is 44.9 Å². The molecule has 2 N–H and O–H groups in total. The molecule has 5 atom stereocenters. The Hall–Kier alpha value is -4.47. The van der Waals surface area contributed by atoms with Gasteiger partial charge in [0.15, 0.2) is 6.29 Å². The summed E-state index contributed by atoms with van der Waals surface area (Å²) in [5.74, 6) is -0.679. The van der Waals surface area contributed by atoms with Gasteiger partial charge in [-0.05, 0) is 37.6 Å². The molecule has 3 aromatic carbocycles. The molecular weight excluding hydrogens is 646 g/mol. The molecule has 3 aliphatic heterocycles. The van der Waals surface area contributed by atoms with Crippen LogP contribution in [0, 0.1) is 11.6 Å². The number of anilines is 1. The Balaban J connectivity index is 1.37. The van der Waals surface area contributed by atoms with Crippen molar-refractivity contribution in [3.05, 3.63) is 108 Å². The number of para-hydroxylation sites is 2. The number of nitrogens with one attached hydrogen (secondary N) is 1. The number of aliphatic hydroxyl groups excluding tert-OH is 1. The van der Waals surface area contributed by atoms with Crippen LogP contribution in [0.25, 0.3) is 0 Å². The molecule has 0 saturated carbocycles. The predicted octanol–water partition coefficient (Wildman–Crippen LogP) is 4.11. The third-order valence-corrected chi connectivity index (χ3v) is 9.99. The summed E-state index contributed by atoms with van der Waals surface area (Å²) in [5.41, 5.74) is 0.617. The first-order valence-corrected chi connectivity index (χ1v) is 16.9. The lowest BCUT2D eigenvalue weighted by molar-refractivity contribution is -0.110. The number of methoxy groups -OCH3 is 1. The Labute approximate surface area is 289 Å². The summed E-state index contributed by atoms with van der Waals surface area (Å²) in [5, 5.41) is 21.7. The number of halogens is 2. The normalized spacial score (nSPS) is 25.4. The fourth-order valence-electron chi connectivity index (χ4n) is 7.73. The summed E-state index contributed by atoms with van der Waals surface area (Å²) >= 11 is 0. The first-order valence-electron chi connectivity index (χ1n) is 16.9. The zero-order valence-electron chi connectivity index (χ0n) is 28.1. The number of ether oxygens (including phenoxy) is 2. The molecule has 12 nitrogen and oxygen atoms in total. The molecule has 0 bridgehead atoms. The maximum atomic E-state index is 15.7. The molecule has 7 rings (SSSR count). The van der Waals surface area contributed by atoms with Crippen LogP contribution >= 0.6 is 0 Å². The van der Waals surface area contributed by atoms with Crippen LogP contribution < -0.4 is 15.0 Å². The minimum absolute atomic E-state index is 0.116. The minimum atomic E-state index is -1.26. The molecule has 4 heterocycles. The van der Waals surface area contributed by atoms with Crippen LogP contribution in [-0.2, 0) is 16.9 Å². The highest BCUT2D eigenvalue weighted by molar-refractivity contribution is 5.94. The molecule has 3 fully saturated rings.